The molecule has 0 radical (unpaired) electrons. The monoisotopic (exact) mass is 198 g/mol. The summed E-state index contributed by atoms with van der Waals surface area (Å²) in [5.74, 6) is -1.05. The number of benzene rings is 1. The summed E-state index contributed by atoms with van der Waals surface area (Å²) in [6, 6.07) is 3.56. The molecular weight excluding hydrogens is 195 g/mol. The number of nitrogens with zero attached hydrogens (tertiary/aromatic N) is 2. The fraction of sp³-hybridized carbons (Fsp3) is 0. The van der Waals surface area contributed by atoms with Gasteiger partial charge in [-0.15, -0.1) is 12.6 Å². The molecule has 1 aromatic rings. The summed E-state index contributed by atoms with van der Waals surface area (Å²) < 4.78 is 12.9. The van der Waals surface area contributed by atoms with Crippen molar-refractivity contribution in [3.05, 3.63) is 33.6 Å². The Bertz CT molecular complexity index is 414. The first kappa shape index (κ1) is 9.48. The second-order valence-electron chi connectivity index (χ2n) is 2.19. The van der Waals surface area contributed by atoms with Gasteiger partial charge in [0.15, 0.2) is 0 Å². The fourth-order valence-corrected chi connectivity index (χ4v) is 1.10. The standard InChI is InChI=1S/C7H3FN2O2S/c8-6-2-5(13)1-4(3-9)7(6)10(11)12/h1-2,13H. The number of hydrogen-bond donors (Lipinski definition) is 1. The predicted octanol–water partition coefficient (Wildman–Crippen LogP) is 1.89. The van der Waals surface area contributed by atoms with E-state index in [4.69, 9.17) is 5.26 Å². The fourth-order valence-electron chi connectivity index (χ4n) is 0.856. The van der Waals surface area contributed by atoms with Crippen LogP contribution >= 0.6 is 12.6 Å². The summed E-state index contributed by atoms with van der Waals surface area (Å²) in [6.07, 6.45) is 0. The lowest BCUT2D eigenvalue weighted by atomic mass is 10.2. The quantitative estimate of drug-likeness (QED) is 0.425. The smallest absolute Gasteiger partial charge is 0.258 e. The van der Waals surface area contributed by atoms with Gasteiger partial charge in [-0.2, -0.15) is 9.65 Å². The number of hydrogen-bond acceptors (Lipinski definition) is 4. The van der Waals surface area contributed by atoms with Crippen LogP contribution in [0.4, 0.5) is 10.1 Å². The lowest BCUT2D eigenvalue weighted by molar-refractivity contribution is -0.387. The van der Waals surface area contributed by atoms with Gasteiger partial charge in [0.25, 0.3) is 0 Å². The summed E-state index contributed by atoms with van der Waals surface area (Å²) in [7, 11) is 0. The average Bonchev–Trinajstić information content (AvgIpc) is 2.01. The first-order valence-corrected chi connectivity index (χ1v) is 3.58. The van der Waals surface area contributed by atoms with Crippen molar-refractivity contribution < 1.29 is 9.31 Å². The van der Waals surface area contributed by atoms with Crippen LogP contribution < -0.4 is 0 Å². The zero-order valence-corrected chi connectivity index (χ0v) is 7.09. The zero-order chi connectivity index (χ0) is 10.0. The lowest BCUT2D eigenvalue weighted by Crippen LogP contribution is -1.96. The van der Waals surface area contributed by atoms with Crippen molar-refractivity contribution in [3.8, 4) is 6.07 Å². The van der Waals surface area contributed by atoms with E-state index in [0.29, 0.717) is 0 Å². The van der Waals surface area contributed by atoms with Crippen molar-refractivity contribution in [2.75, 3.05) is 0 Å². The van der Waals surface area contributed by atoms with E-state index in [-0.39, 0.29) is 10.5 Å². The molecule has 0 saturated heterocycles. The topological polar surface area (TPSA) is 66.9 Å². The number of rotatable bonds is 1. The summed E-state index contributed by atoms with van der Waals surface area (Å²) in [5, 5.41) is 18.8. The van der Waals surface area contributed by atoms with Gasteiger partial charge in [-0.05, 0) is 12.1 Å². The van der Waals surface area contributed by atoms with Gasteiger partial charge in [-0.1, -0.05) is 0 Å². The van der Waals surface area contributed by atoms with Gasteiger partial charge in [-0.25, -0.2) is 0 Å². The summed E-state index contributed by atoms with van der Waals surface area (Å²) in [5.41, 5.74) is -1.13. The van der Waals surface area contributed by atoms with Gasteiger partial charge < -0.3 is 0 Å². The van der Waals surface area contributed by atoms with E-state index in [1.165, 1.54) is 6.07 Å². The van der Waals surface area contributed by atoms with Crippen LogP contribution in [-0.4, -0.2) is 4.92 Å². The molecule has 6 heteroatoms. The normalized spacial score (nSPS) is 9.31. The van der Waals surface area contributed by atoms with E-state index in [1.54, 1.807) is 0 Å². The lowest BCUT2D eigenvalue weighted by Gasteiger charge is -1.97. The molecule has 0 N–H and O–H groups in total. The minimum atomic E-state index is -1.05. The van der Waals surface area contributed by atoms with E-state index in [0.717, 1.165) is 12.1 Å². The summed E-state index contributed by atoms with van der Waals surface area (Å²) in [4.78, 5) is 9.55. The van der Waals surface area contributed by atoms with E-state index in [1.807, 2.05) is 0 Å². The van der Waals surface area contributed by atoms with Crippen LogP contribution in [0.2, 0.25) is 0 Å². The zero-order valence-electron chi connectivity index (χ0n) is 6.19. The van der Waals surface area contributed by atoms with Crippen LogP contribution in [0.1, 0.15) is 5.56 Å². The third-order valence-corrected chi connectivity index (χ3v) is 1.61. The highest BCUT2D eigenvalue weighted by molar-refractivity contribution is 7.80. The third kappa shape index (κ3) is 1.76. The maximum absolute atomic E-state index is 12.9. The van der Waals surface area contributed by atoms with Crippen LogP contribution in [0.25, 0.3) is 0 Å². The van der Waals surface area contributed by atoms with Crippen molar-refractivity contribution in [2.24, 2.45) is 0 Å². The number of nitriles is 1. The van der Waals surface area contributed by atoms with Crippen LogP contribution in [0.5, 0.6) is 0 Å². The molecule has 0 saturated carbocycles. The molecule has 0 aromatic heterocycles. The first-order valence-electron chi connectivity index (χ1n) is 3.13. The van der Waals surface area contributed by atoms with E-state index >= 15 is 0 Å². The highest BCUT2D eigenvalue weighted by atomic mass is 32.1. The number of halogens is 1. The third-order valence-electron chi connectivity index (χ3n) is 1.35. The van der Waals surface area contributed by atoms with Crippen molar-refractivity contribution in [3.63, 3.8) is 0 Å². The van der Waals surface area contributed by atoms with Crippen molar-refractivity contribution in [2.45, 2.75) is 4.90 Å². The Hall–Kier alpha value is -1.61. The molecule has 0 bridgehead atoms. The Morgan fingerprint density at radius 1 is 1.62 bits per heavy atom. The Morgan fingerprint density at radius 2 is 2.23 bits per heavy atom. The van der Waals surface area contributed by atoms with Gasteiger partial charge in [0, 0.05) is 4.90 Å². The predicted molar refractivity (Wildman–Crippen MR) is 45.0 cm³/mol. The second-order valence-corrected chi connectivity index (χ2v) is 2.71. The Balaban J connectivity index is 3.50. The van der Waals surface area contributed by atoms with Gasteiger partial charge >= 0.3 is 5.69 Å². The molecule has 0 aliphatic carbocycles. The van der Waals surface area contributed by atoms with Gasteiger partial charge in [-0.3, -0.25) is 10.1 Å². The van der Waals surface area contributed by atoms with Crippen LogP contribution in [-0.2, 0) is 0 Å². The van der Waals surface area contributed by atoms with Gasteiger partial charge in [0.1, 0.15) is 11.6 Å². The molecule has 13 heavy (non-hydrogen) atoms. The number of nitro benzene ring substituents is 1. The molecule has 0 aliphatic heterocycles. The first-order chi connectivity index (χ1) is 6.06. The van der Waals surface area contributed by atoms with Crippen LogP contribution in [0.15, 0.2) is 17.0 Å². The molecule has 0 aliphatic rings. The van der Waals surface area contributed by atoms with E-state index in [9.17, 15) is 14.5 Å². The Morgan fingerprint density at radius 3 is 2.69 bits per heavy atom. The minimum absolute atomic E-state index is 0.180. The number of thiol groups is 1. The highest BCUT2D eigenvalue weighted by Crippen LogP contribution is 2.24. The second kappa shape index (κ2) is 3.41. The summed E-state index contributed by atoms with van der Waals surface area (Å²) >= 11 is 3.78. The molecule has 0 atom stereocenters. The van der Waals surface area contributed by atoms with E-state index < -0.39 is 16.4 Å². The van der Waals surface area contributed by atoms with Gasteiger partial charge in [0.2, 0.25) is 5.82 Å². The minimum Gasteiger partial charge on any atom is -0.258 e. The SMILES string of the molecule is N#Cc1cc(S)cc(F)c1[N+](=O)[O-]. The highest BCUT2D eigenvalue weighted by Gasteiger charge is 2.20. The molecule has 1 aromatic carbocycles. The average molecular weight is 198 g/mol. The summed E-state index contributed by atoms with van der Waals surface area (Å²) in [6.45, 7) is 0. The van der Waals surface area contributed by atoms with Crippen molar-refractivity contribution >= 4 is 18.3 Å². The molecular formula is C7H3FN2O2S. The molecule has 4 nitrogen and oxygen atoms in total. The molecule has 0 spiro atoms. The maximum Gasteiger partial charge on any atom is 0.322 e. The van der Waals surface area contributed by atoms with Crippen LogP contribution in [0, 0.1) is 27.3 Å². The van der Waals surface area contributed by atoms with Crippen molar-refractivity contribution in [1.29, 1.82) is 5.26 Å². The van der Waals surface area contributed by atoms with E-state index in [2.05, 4.69) is 12.6 Å². The molecule has 0 heterocycles. The number of nitro groups is 1. The van der Waals surface area contributed by atoms with Crippen molar-refractivity contribution in [1.82, 2.24) is 0 Å². The largest absolute Gasteiger partial charge is 0.322 e. The molecule has 1 rings (SSSR count). The van der Waals surface area contributed by atoms with Crippen LogP contribution in [0.3, 0.4) is 0 Å². The molecule has 66 valence electrons. The molecule has 0 unspecified atom stereocenters. The Kier molecular flexibility index (Phi) is 2.49. The maximum atomic E-state index is 12.9. The Labute approximate surface area is 78.2 Å². The molecule has 0 amide bonds. The molecule has 0 fully saturated rings. The van der Waals surface area contributed by atoms with Gasteiger partial charge in [0.05, 0.1) is 4.92 Å².